The number of para-hydroxylation sites is 2. The Bertz CT molecular complexity index is 1260. The molecule has 5 rings (SSSR count). The number of rotatable bonds is 4. The van der Waals surface area contributed by atoms with Crippen LogP contribution in [-0.2, 0) is 0 Å². The van der Waals surface area contributed by atoms with E-state index in [0.717, 1.165) is 29.7 Å². The molecular weight excluding hydrogens is 422 g/mol. The van der Waals surface area contributed by atoms with Gasteiger partial charge in [-0.3, -0.25) is 9.59 Å². The zero-order valence-electron chi connectivity index (χ0n) is 17.4. The molecule has 1 amide bonds. The molecule has 4 aromatic rings. The van der Waals surface area contributed by atoms with Gasteiger partial charge in [0.15, 0.2) is 5.78 Å². The highest BCUT2D eigenvalue weighted by molar-refractivity contribution is 6.30. The van der Waals surface area contributed by atoms with E-state index in [-0.39, 0.29) is 17.6 Å². The van der Waals surface area contributed by atoms with E-state index >= 15 is 0 Å². The summed E-state index contributed by atoms with van der Waals surface area (Å²) in [6.07, 6.45) is 1.86. The molecule has 2 heterocycles. The lowest BCUT2D eigenvalue weighted by molar-refractivity contribution is 0.0701. The number of piperidine rings is 1. The van der Waals surface area contributed by atoms with Crippen LogP contribution in [0.3, 0.4) is 0 Å². The minimum atomic E-state index is -0.184. The Morgan fingerprint density at radius 3 is 2.44 bits per heavy atom. The van der Waals surface area contributed by atoms with Crippen LogP contribution >= 0.6 is 11.6 Å². The fourth-order valence-corrected chi connectivity index (χ4v) is 4.47. The first-order chi connectivity index (χ1) is 15.6. The molecule has 1 aliphatic rings. The van der Waals surface area contributed by atoms with Gasteiger partial charge in [-0.15, -0.1) is 0 Å². The molecule has 5 nitrogen and oxygen atoms in total. The Labute approximate surface area is 191 Å². The van der Waals surface area contributed by atoms with Crippen molar-refractivity contribution in [1.29, 1.82) is 0 Å². The first-order valence-electron chi connectivity index (χ1n) is 10.7. The highest BCUT2D eigenvalue weighted by Gasteiger charge is 2.29. The predicted molar refractivity (Wildman–Crippen MR) is 125 cm³/mol. The summed E-state index contributed by atoms with van der Waals surface area (Å²) in [5.41, 5.74) is 3.28. The number of nitrogens with zero attached hydrogens (tertiary/aromatic N) is 2. The van der Waals surface area contributed by atoms with Gasteiger partial charge in [-0.05, 0) is 55.3 Å². The van der Waals surface area contributed by atoms with Crippen molar-refractivity contribution in [2.24, 2.45) is 0 Å². The second kappa shape index (κ2) is 8.60. The smallest absolute Gasteiger partial charge is 0.254 e. The third-order valence-corrected chi connectivity index (χ3v) is 6.26. The molecule has 0 saturated carbocycles. The standard InChI is InChI=1S/C26H22ClN3O2/c27-19-13-11-17(12-14-19)24(31)20-7-1-2-8-21(20)26(32)30-15-5-6-18(16-30)25-28-22-9-3-4-10-23(22)29-25/h1-4,7-14,18H,5-6,15-16H2,(H,28,29). The zero-order chi connectivity index (χ0) is 22.1. The molecule has 3 aromatic carbocycles. The minimum absolute atomic E-state index is 0.122. The normalized spacial score (nSPS) is 16.3. The molecule has 1 N–H and O–H groups in total. The highest BCUT2D eigenvalue weighted by atomic mass is 35.5. The van der Waals surface area contributed by atoms with E-state index in [1.165, 1.54) is 0 Å². The molecule has 1 aromatic heterocycles. The van der Waals surface area contributed by atoms with Crippen molar-refractivity contribution in [3.05, 3.63) is 100 Å². The number of carbonyl (C=O) groups is 2. The Morgan fingerprint density at radius 1 is 0.938 bits per heavy atom. The van der Waals surface area contributed by atoms with Crippen LogP contribution in [0.5, 0.6) is 0 Å². The third-order valence-electron chi connectivity index (χ3n) is 6.01. The van der Waals surface area contributed by atoms with Crippen molar-refractivity contribution in [3.8, 4) is 0 Å². The molecule has 32 heavy (non-hydrogen) atoms. The summed E-state index contributed by atoms with van der Waals surface area (Å²) in [7, 11) is 0. The number of H-pyrrole nitrogens is 1. The fourth-order valence-electron chi connectivity index (χ4n) is 4.35. The number of hydrogen-bond donors (Lipinski definition) is 1. The lowest BCUT2D eigenvalue weighted by atomic mass is 9.94. The second-order valence-corrected chi connectivity index (χ2v) is 8.55. The SMILES string of the molecule is O=C(c1ccc(Cl)cc1)c1ccccc1C(=O)N1CCCC(c2nc3ccccc3[nH]2)C1. The van der Waals surface area contributed by atoms with Crippen LogP contribution in [0.2, 0.25) is 5.02 Å². The van der Waals surface area contributed by atoms with Gasteiger partial charge in [0.05, 0.1) is 16.6 Å². The zero-order valence-corrected chi connectivity index (χ0v) is 18.2. The topological polar surface area (TPSA) is 66.1 Å². The number of aromatic nitrogens is 2. The molecule has 0 aliphatic carbocycles. The molecule has 1 aliphatic heterocycles. The van der Waals surface area contributed by atoms with Crippen LogP contribution in [0, 0.1) is 0 Å². The number of amides is 1. The largest absolute Gasteiger partial charge is 0.342 e. The van der Waals surface area contributed by atoms with Crippen molar-refractivity contribution in [3.63, 3.8) is 0 Å². The van der Waals surface area contributed by atoms with Crippen molar-refractivity contribution in [1.82, 2.24) is 14.9 Å². The summed E-state index contributed by atoms with van der Waals surface area (Å²) in [6, 6.07) is 21.7. The molecule has 6 heteroatoms. The van der Waals surface area contributed by atoms with Crippen LogP contribution < -0.4 is 0 Å². The summed E-state index contributed by atoms with van der Waals surface area (Å²) < 4.78 is 0. The maximum Gasteiger partial charge on any atom is 0.254 e. The first-order valence-corrected chi connectivity index (χ1v) is 11.1. The minimum Gasteiger partial charge on any atom is -0.342 e. The summed E-state index contributed by atoms with van der Waals surface area (Å²) >= 11 is 5.96. The van der Waals surface area contributed by atoms with Crippen molar-refractivity contribution < 1.29 is 9.59 Å². The fraction of sp³-hybridized carbons (Fsp3) is 0.192. The van der Waals surface area contributed by atoms with E-state index in [1.807, 2.05) is 29.2 Å². The Balaban J connectivity index is 1.40. The quantitative estimate of drug-likeness (QED) is 0.425. The van der Waals surface area contributed by atoms with Crippen LogP contribution in [0.4, 0.5) is 0 Å². The number of fused-ring (bicyclic) bond motifs is 1. The van der Waals surface area contributed by atoms with E-state index in [2.05, 4.69) is 4.98 Å². The summed E-state index contributed by atoms with van der Waals surface area (Å²) in [6.45, 7) is 1.24. The number of ketones is 1. The van der Waals surface area contributed by atoms with Gasteiger partial charge in [0.25, 0.3) is 5.91 Å². The molecule has 1 unspecified atom stereocenters. The van der Waals surface area contributed by atoms with E-state index < -0.39 is 0 Å². The molecule has 1 saturated heterocycles. The van der Waals surface area contributed by atoms with Gasteiger partial charge in [0.1, 0.15) is 5.82 Å². The van der Waals surface area contributed by atoms with Crippen LogP contribution in [0.1, 0.15) is 50.9 Å². The van der Waals surface area contributed by atoms with Crippen molar-refractivity contribution in [2.75, 3.05) is 13.1 Å². The first kappa shape index (κ1) is 20.5. The molecule has 0 bridgehead atoms. The lowest BCUT2D eigenvalue weighted by Crippen LogP contribution is -2.40. The monoisotopic (exact) mass is 443 g/mol. The predicted octanol–water partition coefficient (Wildman–Crippen LogP) is 5.47. The van der Waals surface area contributed by atoms with E-state index in [1.54, 1.807) is 48.5 Å². The van der Waals surface area contributed by atoms with Gasteiger partial charge < -0.3 is 9.88 Å². The average Bonchev–Trinajstić information content (AvgIpc) is 3.28. The van der Waals surface area contributed by atoms with Gasteiger partial charge >= 0.3 is 0 Å². The molecule has 0 radical (unpaired) electrons. The second-order valence-electron chi connectivity index (χ2n) is 8.11. The van der Waals surface area contributed by atoms with Crippen molar-refractivity contribution in [2.45, 2.75) is 18.8 Å². The van der Waals surface area contributed by atoms with Crippen LogP contribution in [-0.4, -0.2) is 39.6 Å². The van der Waals surface area contributed by atoms with Gasteiger partial charge in [-0.25, -0.2) is 4.98 Å². The number of nitrogens with one attached hydrogen (secondary N) is 1. The average molecular weight is 444 g/mol. The van der Waals surface area contributed by atoms with Crippen LogP contribution in [0.15, 0.2) is 72.8 Å². The van der Waals surface area contributed by atoms with Crippen LogP contribution in [0.25, 0.3) is 11.0 Å². The van der Waals surface area contributed by atoms with Crippen molar-refractivity contribution >= 4 is 34.3 Å². The Kier molecular flexibility index (Phi) is 5.50. The summed E-state index contributed by atoms with van der Waals surface area (Å²) in [5, 5.41) is 0.566. The Morgan fingerprint density at radius 2 is 1.66 bits per heavy atom. The van der Waals surface area contributed by atoms with E-state index in [9.17, 15) is 9.59 Å². The Hall–Kier alpha value is -3.44. The maximum atomic E-state index is 13.5. The molecule has 160 valence electrons. The number of imidazole rings is 1. The van der Waals surface area contributed by atoms with Gasteiger partial charge in [-0.1, -0.05) is 41.9 Å². The molecule has 1 atom stereocenters. The number of likely N-dealkylation sites (tertiary alicyclic amines) is 1. The maximum absolute atomic E-state index is 13.5. The van der Waals surface area contributed by atoms with E-state index in [4.69, 9.17) is 16.6 Å². The molecular formula is C26H22ClN3O2. The van der Waals surface area contributed by atoms with Gasteiger partial charge in [0.2, 0.25) is 0 Å². The van der Waals surface area contributed by atoms with Gasteiger partial charge in [0, 0.05) is 35.2 Å². The number of halogens is 1. The lowest BCUT2D eigenvalue weighted by Gasteiger charge is -2.32. The molecule has 0 spiro atoms. The van der Waals surface area contributed by atoms with E-state index in [0.29, 0.717) is 34.8 Å². The number of hydrogen-bond acceptors (Lipinski definition) is 3. The third kappa shape index (κ3) is 3.92. The number of benzene rings is 3. The highest BCUT2D eigenvalue weighted by Crippen LogP contribution is 2.28. The number of carbonyl (C=O) groups excluding carboxylic acids is 2. The number of aromatic amines is 1. The summed E-state index contributed by atoms with van der Waals surface area (Å²) in [5.74, 6) is 0.744. The summed E-state index contributed by atoms with van der Waals surface area (Å²) in [4.78, 5) is 36.6. The van der Waals surface area contributed by atoms with Gasteiger partial charge in [-0.2, -0.15) is 0 Å². The molecule has 1 fully saturated rings.